The van der Waals surface area contributed by atoms with E-state index >= 15 is 0 Å². The largest absolute Gasteiger partial charge is 0.399 e. The molecule has 0 aliphatic carbocycles. The molecule has 3 rings (SSSR count). The predicted molar refractivity (Wildman–Crippen MR) is 103 cm³/mol. The van der Waals surface area contributed by atoms with Gasteiger partial charge in [-0.3, -0.25) is 9.78 Å². The Morgan fingerprint density at radius 2 is 1.96 bits per heavy atom. The van der Waals surface area contributed by atoms with Crippen LogP contribution in [0.2, 0.25) is 0 Å². The summed E-state index contributed by atoms with van der Waals surface area (Å²) in [6, 6.07) is 7.40. The zero-order valence-corrected chi connectivity index (χ0v) is 16.0. The van der Waals surface area contributed by atoms with E-state index < -0.39 is 0 Å². The molecule has 132 valence electrons. The van der Waals surface area contributed by atoms with Gasteiger partial charge in [0.25, 0.3) is 0 Å². The third-order valence-electron chi connectivity index (χ3n) is 3.18. The fourth-order valence-electron chi connectivity index (χ4n) is 2.13. The van der Waals surface area contributed by atoms with Crippen molar-refractivity contribution in [2.45, 2.75) is 33.2 Å². The summed E-state index contributed by atoms with van der Waals surface area (Å²) in [7, 11) is 0. The van der Waals surface area contributed by atoms with Crippen molar-refractivity contribution in [2.24, 2.45) is 0 Å². The van der Waals surface area contributed by atoms with Gasteiger partial charge in [0, 0.05) is 18.8 Å². The van der Waals surface area contributed by atoms with Crippen LogP contribution in [-0.2, 0) is 11.2 Å². The van der Waals surface area contributed by atoms with E-state index in [1.54, 1.807) is 11.7 Å². The van der Waals surface area contributed by atoms with Gasteiger partial charge in [0.15, 0.2) is 5.01 Å². The molecule has 0 radical (unpaired) electrons. The molecule has 1 aromatic carbocycles. The molecule has 0 saturated carbocycles. The topological polar surface area (TPSA) is 93.8 Å². The number of nitrogens with zero attached hydrogens (tertiary/aromatic N) is 3. The highest BCUT2D eigenvalue weighted by Gasteiger charge is 2.19. The summed E-state index contributed by atoms with van der Waals surface area (Å²) in [6.45, 7) is 5.50. The Bertz CT molecular complexity index is 784. The van der Waals surface area contributed by atoms with E-state index in [9.17, 15) is 4.79 Å². The highest BCUT2D eigenvalue weighted by Crippen LogP contribution is 2.30. The lowest BCUT2D eigenvalue weighted by Crippen LogP contribution is -2.27. The highest BCUT2D eigenvalue weighted by atomic mass is 32.1. The molecule has 1 unspecified atom stereocenters. The number of benzene rings is 1. The quantitative estimate of drug-likeness (QED) is 0.663. The smallest absolute Gasteiger partial charge is 0.217 e. The van der Waals surface area contributed by atoms with Gasteiger partial charge in [-0.25, -0.2) is 0 Å². The van der Waals surface area contributed by atoms with Crippen LogP contribution in [0.3, 0.4) is 0 Å². The number of anilines is 1. The van der Waals surface area contributed by atoms with Gasteiger partial charge < -0.3 is 11.1 Å². The molecule has 3 aromatic rings. The number of rotatable bonds is 5. The molecule has 8 heteroatoms. The van der Waals surface area contributed by atoms with Crippen LogP contribution in [0.15, 0.2) is 36.0 Å². The molecular weight excluding hydrogens is 354 g/mol. The number of nitrogens with one attached hydrogen (secondary N) is 1. The van der Waals surface area contributed by atoms with E-state index in [1.165, 1.54) is 29.6 Å². The second kappa shape index (κ2) is 9.24. The average molecular weight is 376 g/mol. The fourth-order valence-corrected chi connectivity index (χ4v) is 3.70. The Hall–Kier alpha value is -2.32. The minimum absolute atomic E-state index is 0.0972. The van der Waals surface area contributed by atoms with Crippen LogP contribution < -0.4 is 11.1 Å². The first kappa shape index (κ1) is 19.0. The molecule has 0 aliphatic rings. The van der Waals surface area contributed by atoms with Crippen molar-refractivity contribution in [3.05, 3.63) is 46.5 Å². The Balaban J connectivity index is 0.00000109. The highest BCUT2D eigenvalue weighted by molar-refractivity contribution is 7.20. The lowest BCUT2D eigenvalue weighted by atomic mass is 10.1. The van der Waals surface area contributed by atoms with E-state index in [1.807, 2.05) is 38.1 Å². The van der Waals surface area contributed by atoms with Gasteiger partial charge in [0.05, 0.1) is 16.4 Å². The first-order valence-electron chi connectivity index (χ1n) is 7.95. The lowest BCUT2D eigenvalue weighted by molar-refractivity contribution is -0.119. The third kappa shape index (κ3) is 5.33. The number of thiazole rings is 1. The second-order valence-electron chi connectivity index (χ2n) is 5.01. The van der Waals surface area contributed by atoms with Crippen molar-refractivity contribution >= 4 is 34.3 Å². The molecule has 0 fully saturated rings. The standard InChI is InChI=1S/C15H15N5OS2.C2H6/c1-9(21)18-12(6-10-2-4-11(16)5-3-10)14-19-20-15(23-14)13-7-17-8-22-13;1-2/h2-5,7-8,12H,6,16H2,1H3,(H,18,21);1-2H3. The van der Waals surface area contributed by atoms with Gasteiger partial charge in [-0.1, -0.05) is 37.3 Å². The van der Waals surface area contributed by atoms with E-state index in [2.05, 4.69) is 20.5 Å². The first-order chi connectivity index (χ1) is 12.1. The fraction of sp³-hybridized carbons (Fsp3) is 0.294. The Morgan fingerprint density at radius 1 is 1.24 bits per heavy atom. The molecule has 0 saturated heterocycles. The van der Waals surface area contributed by atoms with E-state index in [-0.39, 0.29) is 11.9 Å². The van der Waals surface area contributed by atoms with Crippen molar-refractivity contribution in [2.75, 3.05) is 5.73 Å². The van der Waals surface area contributed by atoms with E-state index in [4.69, 9.17) is 5.73 Å². The van der Waals surface area contributed by atoms with E-state index in [0.29, 0.717) is 12.1 Å². The second-order valence-corrected chi connectivity index (χ2v) is 6.91. The first-order valence-corrected chi connectivity index (χ1v) is 9.65. The number of hydrogen-bond donors (Lipinski definition) is 2. The summed E-state index contributed by atoms with van der Waals surface area (Å²) in [4.78, 5) is 16.6. The molecule has 2 aromatic heterocycles. The number of aromatic nitrogens is 3. The van der Waals surface area contributed by atoms with Crippen molar-refractivity contribution in [3.63, 3.8) is 0 Å². The summed E-state index contributed by atoms with van der Waals surface area (Å²) in [5.74, 6) is -0.0972. The average Bonchev–Trinajstić information content (AvgIpc) is 3.29. The summed E-state index contributed by atoms with van der Waals surface area (Å²) in [5.41, 5.74) is 9.26. The summed E-state index contributed by atoms with van der Waals surface area (Å²) < 4.78 is 0. The number of carbonyl (C=O) groups excluding carboxylic acids is 1. The van der Waals surface area contributed by atoms with Crippen molar-refractivity contribution in [1.29, 1.82) is 0 Å². The van der Waals surface area contributed by atoms with Crippen LogP contribution in [0, 0.1) is 0 Å². The molecule has 0 spiro atoms. The van der Waals surface area contributed by atoms with Crippen molar-refractivity contribution < 1.29 is 4.79 Å². The van der Waals surface area contributed by atoms with Crippen molar-refractivity contribution in [1.82, 2.24) is 20.5 Å². The minimum atomic E-state index is -0.213. The summed E-state index contributed by atoms with van der Waals surface area (Å²) in [6.07, 6.45) is 2.40. The molecule has 2 heterocycles. The van der Waals surface area contributed by atoms with Gasteiger partial charge in [-0.05, 0) is 24.1 Å². The number of carbonyl (C=O) groups is 1. The van der Waals surface area contributed by atoms with E-state index in [0.717, 1.165) is 20.5 Å². The van der Waals surface area contributed by atoms with Gasteiger partial charge >= 0.3 is 0 Å². The normalized spacial score (nSPS) is 11.3. The Labute approximate surface area is 155 Å². The van der Waals surface area contributed by atoms with Crippen LogP contribution in [-0.4, -0.2) is 21.1 Å². The maximum absolute atomic E-state index is 11.5. The lowest BCUT2D eigenvalue weighted by Gasteiger charge is -2.15. The molecule has 1 atom stereocenters. The van der Waals surface area contributed by atoms with Crippen LogP contribution in [0.5, 0.6) is 0 Å². The Kier molecular flexibility index (Phi) is 7.03. The Morgan fingerprint density at radius 3 is 2.56 bits per heavy atom. The summed E-state index contributed by atoms with van der Waals surface area (Å²) in [5, 5.41) is 13.0. The van der Waals surface area contributed by atoms with Gasteiger partial charge in [-0.2, -0.15) is 0 Å². The SMILES string of the molecule is CC.CC(=O)NC(Cc1ccc(N)cc1)c1nnc(-c2cncs2)s1. The van der Waals surface area contributed by atoms with Crippen LogP contribution in [0.25, 0.3) is 9.88 Å². The number of amides is 1. The number of nitrogen functional groups attached to an aromatic ring is 1. The van der Waals surface area contributed by atoms with Gasteiger partial charge in [0.2, 0.25) is 5.91 Å². The van der Waals surface area contributed by atoms with Crippen LogP contribution in [0.1, 0.15) is 37.4 Å². The zero-order chi connectivity index (χ0) is 18.2. The predicted octanol–water partition coefficient (Wildman–Crippen LogP) is 3.69. The molecule has 6 nitrogen and oxygen atoms in total. The molecule has 25 heavy (non-hydrogen) atoms. The zero-order valence-electron chi connectivity index (χ0n) is 14.4. The van der Waals surface area contributed by atoms with Gasteiger partial charge in [0.1, 0.15) is 5.01 Å². The molecule has 0 bridgehead atoms. The number of hydrogen-bond acceptors (Lipinski definition) is 7. The monoisotopic (exact) mass is 375 g/mol. The maximum Gasteiger partial charge on any atom is 0.217 e. The third-order valence-corrected chi connectivity index (χ3v) is 5.16. The molecular formula is C17H21N5OS2. The van der Waals surface area contributed by atoms with Crippen LogP contribution >= 0.6 is 22.7 Å². The maximum atomic E-state index is 11.5. The molecule has 0 aliphatic heterocycles. The number of nitrogens with two attached hydrogens (primary N) is 1. The van der Waals surface area contributed by atoms with Crippen LogP contribution in [0.4, 0.5) is 5.69 Å². The van der Waals surface area contributed by atoms with Crippen molar-refractivity contribution in [3.8, 4) is 9.88 Å². The molecule has 3 N–H and O–H groups in total. The van der Waals surface area contributed by atoms with Gasteiger partial charge in [-0.15, -0.1) is 21.5 Å². The summed E-state index contributed by atoms with van der Waals surface area (Å²) >= 11 is 2.99. The minimum Gasteiger partial charge on any atom is -0.399 e. The molecule has 1 amide bonds.